The van der Waals surface area contributed by atoms with Gasteiger partial charge in [-0.25, -0.2) is 13.8 Å². The fourth-order valence-corrected chi connectivity index (χ4v) is 1.81. The highest BCUT2D eigenvalue weighted by Crippen LogP contribution is 2.23. The van der Waals surface area contributed by atoms with Crippen molar-refractivity contribution in [3.63, 3.8) is 0 Å². The van der Waals surface area contributed by atoms with E-state index in [4.69, 9.17) is 5.26 Å². The monoisotopic (exact) mass is 357 g/mol. The number of nitriles is 1. The molecule has 1 aromatic heterocycles. The van der Waals surface area contributed by atoms with E-state index in [-0.39, 0.29) is 17.1 Å². The van der Waals surface area contributed by atoms with Gasteiger partial charge >= 0.3 is 0 Å². The largest absolute Gasteiger partial charge is 0.351 e. The molecular weight excluding hydrogens is 351 g/mol. The van der Waals surface area contributed by atoms with Crippen molar-refractivity contribution in [3.05, 3.63) is 51.4 Å². The lowest BCUT2D eigenvalue weighted by Gasteiger charge is -2.08. The van der Waals surface area contributed by atoms with Crippen LogP contribution in [0.2, 0.25) is 0 Å². The van der Waals surface area contributed by atoms with Gasteiger partial charge in [-0.1, -0.05) is 0 Å². The highest BCUT2D eigenvalue weighted by molar-refractivity contribution is 14.1. The van der Waals surface area contributed by atoms with Crippen LogP contribution in [0.15, 0.2) is 30.5 Å². The van der Waals surface area contributed by atoms with Crippen molar-refractivity contribution >= 4 is 34.0 Å². The van der Waals surface area contributed by atoms with Crippen molar-refractivity contribution in [2.45, 2.75) is 0 Å². The summed E-state index contributed by atoms with van der Waals surface area (Å²) in [6.45, 7) is 0. The van der Waals surface area contributed by atoms with Gasteiger partial charge in [-0.3, -0.25) is 0 Å². The van der Waals surface area contributed by atoms with E-state index >= 15 is 0 Å². The van der Waals surface area contributed by atoms with Gasteiger partial charge in [0, 0.05) is 9.64 Å². The van der Waals surface area contributed by atoms with Crippen LogP contribution in [-0.4, -0.2) is 4.98 Å². The third kappa shape index (κ3) is 2.73. The Morgan fingerprint density at radius 1 is 1.22 bits per heavy atom. The Bertz CT molecular complexity index is 638. The minimum absolute atomic E-state index is 0.00866. The number of nitrogens with one attached hydrogen (secondary N) is 1. The molecule has 0 saturated heterocycles. The second-order valence-electron chi connectivity index (χ2n) is 3.41. The van der Waals surface area contributed by atoms with Gasteiger partial charge in [0.15, 0.2) is 5.69 Å². The molecule has 1 heterocycles. The molecule has 3 nitrogen and oxygen atoms in total. The second kappa shape index (κ2) is 5.27. The fraction of sp³-hybridized carbons (Fsp3) is 0. The molecule has 0 unspecified atom stereocenters. The predicted molar refractivity (Wildman–Crippen MR) is 71.3 cm³/mol. The third-order valence-corrected chi connectivity index (χ3v) is 2.83. The molecule has 0 aliphatic rings. The number of benzene rings is 1. The van der Waals surface area contributed by atoms with E-state index < -0.39 is 11.6 Å². The highest BCUT2D eigenvalue weighted by atomic mass is 127. The Hall–Kier alpha value is -1.75. The maximum Gasteiger partial charge on any atom is 0.164 e. The van der Waals surface area contributed by atoms with Crippen LogP contribution in [0.5, 0.6) is 0 Å². The lowest BCUT2D eigenvalue weighted by Crippen LogP contribution is -1.99. The molecule has 0 bridgehead atoms. The summed E-state index contributed by atoms with van der Waals surface area (Å²) in [5.41, 5.74) is 0.311. The Morgan fingerprint density at radius 2 is 2.00 bits per heavy atom. The first kappa shape index (κ1) is 12.7. The molecule has 0 spiro atoms. The zero-order valence-corrected chi connectivity index (χ0v) is 11.1. The summed E-state index contributed by atoms with van der Waals surface area (Å²) >= 11 is 1.98. The van der Waals surface area contributed by atoms with Gasteiger partial charge in [0.05, 0.1) is 17.6 Å². The smallest absolute Gasteiger partial charge is 0.164 e. The Kier molecular flexibility index (Phi) is 3.72. The van der Waals surface area contributed by atoms with E-state index in [1.54, 1.807) is 6.07 Å². The van der Waals surface area contributed by atoms with Gasteiger partial charge in [0.2, 0.25) is 0 Å². The summed E-state index contributed by atoms with van der Waals surface area (Å²) in [4.78, 5) is 3.62. The summed E-state index contributed by atoms with van der Waals surface area (Å²) in [6.07, 6.45) is 0.939. The van der Waals surface area contributed by atoms with E-state index in [9.17, 15) is 8.78 Å². The van der Waals surface area contributed by atoms with E-state index in [2.05, 4.69) is 10.3 Å². The van der Waals surface area contributed by atoms with Crippen LogP contribution in [0, 0.1) is 26.5 Å². The average Bonchev–Trinajstić information content (AvgIpc) is 2.33. The Balaban J connectivity index is 2.40. The number of hydrogen-bond acceptors (Lipinski definition) is 3. The molecule has 1 N–H and O–H groups in total. The molecule has 6 heteroatoms. The second-order valence-corrected chi connectivity index (χ2v) is 4.66. The SMILES string of the molecule is N#Cc1ncc(F)cc1Nc1ccc(I)cc1F. The maximum atomic E-state index is 13.6. The van der Waals surface area contributed by atoms with E-state index in [1.165, 1.54) is 12.1 Å². The summed E-state index contributed by atoms with van der Waals surface area (Å²) in [7, 11) is 0. The van der Waals surface area contributed by atoms with Crippen LogP contribution in [-0.2, 0) is 0 Å². The van der Waals surface area contributed by atoms with Gasteiger partial charge in [-0.05, 0) is 40.8 Å². The van der Waals surface area contributed by atoms with Crippen molar-refractivity contribution in [2.75, 3.05) is 5.32 Å². The van der Waals surface area contributed by atoms with Gasteiger partial charge in [0.1, 0.15) is 17.7 Å². The van der Waals surface area contributed by atoms with Crippen LogP contribution in [0.4, 0.5) is 20.2 Å². The van der Waals surface area contributed by atoms with Gasteiger partial charge in [-0.2, -0.15) is 5.26 Å². The Morgan fingerprint density at radius 3 is 2.67 bits per heavy atom. The van der Waals surface area contributed by atoms with Crippen LogP contribution in [0.1, 0.15) is 5.69 Å². The Labute approximate surface area is 116 Å². The molecule has 0 aliphatic heterocycles. The summed E-state index contributed by atoms with van der Waals surface area (Å²) in [5.74, 6) is -1.07. The van der Waals surface area contributed by atoms with Crippen molar-refractivity contribution in [2.24, 2.45) is 0 Å². The van der Waals surface area contributed by atoms with Crippen LogP contribution < -0.4 is 5.32 Å². The van der Waals surface area contributed by atoms with Crippen LogP contribution in [0.25, 0.3) is 0 Å². The number of nitrogens with zero attached hydrogens (tertiary/aromatic N) is 2. The molecule has 2 rings (SSSR count). The normalized spacial score (nSPS) is 9.89. The van der Waals surface area contributed by atoms with Gasteiger partial charge in [0.25, 0.3) is 0 Å². The highest BCUT2D eigenvalue weighted by Gasteiger charge is 2.08. The fourth-order valence-electron chi connectivity index (χ4n) is 1.36. The molecular formula is C12H6F2IN3. The molecule has 0 aliphatic carbocycles. The van der Waals surface area contributed by atoms with Gasteiger partial charge < -0.3 is 5.32 Å². The molecule has 2 aromatic rings. The molecule has 0 saturated carbocycles. The number of halogens is 3. The lowest BCUT2D eigenvalue weighted by atomic mass is 10.2. The van der Waals surface area contributed by atoms with Crippen molar-refractivity contribution in [1.29, 1.82) is 5.26 Å². The zero-order valence-electron chi connectivity index (χ0n) is 8.92. The molecule has 18 heavy (non-hydrogen) atoms. The van der Waals surface area contributed by atoms with Gasteiger partial charge in [-0.15, -0.1) is 0 Å². The van der Waals surface area contributed by atoms with Crippen molar-refractivity contribution in [1.82, 2.24) is 4.98 Å². The minimum atomic E-state index is -0.595. The van der Waals surface area contributed by atoms with Crippen molar-refractivity contribution < 1.29 is 8.78 Å². The number of hydrogen-bond donors (Lipinski definition) is 1. The predicted octanol–water partition coefficient (Wildman–Crippen LogP) is 3.58. The summed E-state index contributed by atoms with van der Waals surface area (Å²) in [6, 6.07) is 7.46. The lowest BCUT2D eigenvalue weighted by molar-refractivity contribution is 0.620. The first-order valence-electron chi connectivity index (χ1n) is 4.88. The van der Waals surface area contributed by atoms with Crippen molar-refractivity contribution in [3.8, 4) is 6.07 Å². The summed E-state index contributed by atoms with van der Waals surface area (Å²) in [5, 5.41) is 11.5. The topological polar surface area (TPSA) is 48.7 Å². The molecule has 90 valence electrons. The number of rotatable bonds is 2. The molecule has 0 fully saturated rings. The first-order valence-corrected chi connectivity index (χ1v) is 5.96. The number of anilines is 2. The maximum absolute atomic E-state index is 13.6. The number of aromatic nitrogens is 1. The van der Waals surface area contributed by atoms with Crippen LogP contribution in [0.3, 0.4) is 0 Å². The molecule has 0 radical (unpaired) electrons. The van der Waals surface area contributed by atoms with Crippen LogP contribution >= 0.6 is 22.6 Å². The summed E-state index contributed by atoms with van der Waals surface area (Å²) < 4.78 is 27.4. The minimum Gasteiger partial charge on any atom is -0.351 e. The van der Waals surface area contributed by atoms with E-state index in [0.29, 0.717) is 0 Å². The molecule has 0 amide bonds. The quantitative estimate of drug-likeness (QED) is 0.836. The number of pyridine rings is 1. The zero-order chi connectivity index (χ0) is 13.1. The molecule has 1 aromatic carbocycles. The molecule has 0 atom stereocenters. The standard InChI is InChI=1S/C12H6F2IN3/c13-7-3-11(12(5-16)17-6-7)18-10-2-1-8(15)4-9(10)14/h1-4,6,18H. The van der Waals surface area contributed by atoms with E-state index in [0.717, 1.165) is 15.8 Å². The average molecular weight is 357 g/mol. The van der Waals surface area contributed by atoms with E-state index in [1.807, 2.05) is 28.7 Å². The third-order valence-electron chi connectivity index (χ3n) is 2.16. The first-order chi connectivity index (χ1) is 8.60.